The minimum Gasteiger partial charge on any atom is -0.373 e. The molecule has 1 amide bonds. The Morgan fingerprint density at radius 1 is 1.23 bits per heavy atom. The van der Waals surface area contributed by atoms with E-state index in [4.69, 9.17) is 11.6 Å². The van der Waals surface area contributed by atoms with E-state index in [2.05, 4.69) is 0 Å². The van der Waals surface area contributed by atoms with Gasteiger partial charge in [-0.05, 0) is 25.1 Å². The molecule has 1 rings (SSSR count). The number of rotatable bonds is 3. The zero-order valence-electron chi connectivity index (χ0n) is 12.5. The van der Waals surface area contributed by atoms with Gasteiger partial charge in [-0.1, -0.05) is 32.4 Å². The van der Waals surface area contributed by atoms with Gasteiger partial charge in [-0.15, -0.1) is 11.8 Å². The van der Waals surface area contributed by atoms with Crippen LogP contribution in [0.2, 0.25) is 5.02 Å². The van der Waals surface area contributed by atoms with Gasteiger partial charge in [-0.2, -0.15) is 13.2 Å². The van der Waals surface area contributed by atoms with E-state index in [0.717, 1.165) is 4.90 Å². The molecule has 0 aliphatic carbocycles. The lowest BCUT2D eigenvalue weighted by molar-refractivity contribution is -0.242. The van der Waals surface area contributed by atoms with Crippen LogP contribution in [-0.4, -0.2) is 27.5 Å². The number of carbonyl (C=O) groups is 1. The third kappa shape index (κ3) is 4.79. The lowest BCUT2D eigenvalue weighted by Gasteiger charge is -2.25. The van der Waals surface area contributed by atoms with Gasteiger partial charge in [-0.3, -0.25) is 4.79 Å². The Balaban J connectivity index is 2.94. The molecule has 0 saturated carbocycles. The zero-order valence-corrected chi connectivity index (χ0v) is 14.1. The first-order valence-corrected chi connectivity index (χ1v) is 7.52. The number of hydrogen-bond acceptors (Lipinski definition) is 3. The van der Waals surface area contributed by atoms with E-state index >= 15 is 0 Å². The van der Waals surface area contributed by atoms with E-state index in [0.29, 0.717) is 6.92 Å². The summed E-state index contributed by atoms with van der Waals surface area (Å²) in [5, 5.41) is 11.4. The molecule has 1 aromatic carbocycles. The molecule has 1 aromatic rings. The van der Waals surface area contributed by atoms with Gasteiger partial charge in [0.1, 0.15) is 0 Å². The quantitative estimate of drug-likeness (QED) is 0.786. The van der Waals surface area contributed by atoms with Crippen molar-refractivity contribution in [3.05, 3.63) is 23.2 Å². The Kier molecular flexibility index (Phi) is 5.47. The number of aliphatic hydroxyl groups is 1. The molecule has 0 fully saturated rings. The molecule has 0 radical (unpaired) electrons. The van der Waals surface area contributed by atoms with Gasteiger partial charge in [0.25, 0.3) is 5.91 Å². The van der Waals surface area contributed by atoms with E-state index in [9.17, 15) is 23.1 Å². The summed E-state index contributed by atoms with van der Waals surface area (Å²) in [5.74, 6) is -1.59. The second kappa shape index (κ2) is 6.29. The summed E-state index contributed by atoms with van der Waals surface area (Å²) in [6, 6.07) is 4.59. The van der Waals surface area contributed by atoms with Crippen LogP contribution >= 0.6 is 23.4 Å². The highest BCUT2D eigenvalue weighted by Crippen LogP contribution is 2.36. The van der Waals surface area contributed by atoms with Crippen LogP contribution in [0.1, 0.15) is 27.7 Å². The standard InChI is InChI=1S/C14H17ClF3NO2S/c1-12(2,3)22-8-5-6-10(9(15)7-8)19-11(20)13(4,21)14(16,17)18/h5-7,21H,1-4H3,(H,19,20)/t13-/m1/s1. The number of anilines is 1. The molecule has 1 atom stereocenters. The Labute approximate surface area is 136 Å². The second-order valence-corrected chi connectivity index (χ2v) is 8.19. The number of halogens is 4. The van der Waals surface area contributed by atoms with Crippen molar-refractivity contribution < 1.29 is 23.1 Å². The summed E-state index contributed by atoms with van der Waals surface area (Å²) in [6.07, 6.45) is -5.08. The van der Waals surface area contributed by atoms with Crippen molar-refractivity contribution in [1.82, 2.24) is 0 Å². The molecule has 0 aliphatic rings. The molecular formula is C14H17ClF3NO2S. The van der Waals surface area contributed by atoms with Crippen molar-refractivity contribution in [3.63, 3.8) is 0 Å². The number of nitrogens with one attached hydrogen (secondary N) is 1. The topological polar surface area (TPSA) is 49.3 Å². The SMILES string of the molecule is CC(C)(C)Sc1ccc(NC(=O)[C@@](C)(O)C(F)(F)F)c(Cl)c1. The first kappa shape index (κ1) is 19.1. The molecule has 0 unspecified atom stereocenters. The van der Waals surface area contributed by atoms with Crippen LogP contribution in [-0.2, 0) is 4.79 Å². The number of thioether (sulfide) groups is 1. The van der Waals surface area contributed by atoms with Gasteiger partial charge in [0.2, 0.25) is 5.60 Å². The summed E-state index contributed by atoms with van der Waals surface area (Å²) in [7, 11) is 0. The highest BCUT2D eigenvalue weighted by molar-refractivity contribution is 8.00. The molecule has 22 heavy (non-hydrogen) atoms. The first-order chi connectivity index (χ1) is 9.74. The minimum absolute atomic E-state index is 0.00875. The average Bonchev–Trinajstić information content (AvgIpc) is 2.28. The molecule has 8 heteroatoms. The maximum absolute atomic E-state index is 12.6. The van der Waals surface area contributed by atoms with E-state index in [-0.39, 0.29) is 15.5 Å². The maximum atomic E-state index is 12.6. The third-order valence-electron chi connectivity index (χ3n) is 2.61. The van der Waals surface area contributed by atoms with E-state index in [1.54, 1.807) is 12.1 Å². The van der Waals surface area contributed by atoms with Crippen LogP contribution in [0.15, 0.2) is 23.1 Å². The minimum atomic E-state index is -5.08. The van der Waals surface area contributed by atoms with E-state index < -0.39 is 17.7 Å². The molecule has 0 bridgehead atoms. The Hall–Kier alpha value is -0.920. The van der Waals surface area contributed by atoms with Gasteiger partial charge >= 0.3 is 6.18 Å². The molecule has 0 aliphatic heterocycles. The van der Waals surface area contributed by atoms with Gasteiger partial charge in [0.15, 0.2) is 0 Å². The first-order valence-electron chi connectivity index (χ1n) is 6.33. The second-order valence-electron chi connectivity index (χ2n) is 5.88. The summed E-state index contributed by atoms with van der Waals surface area (Å²) < 4.78 is 37.7. The Morgan fingerprint density at radius 2 is 1.77 bits per heavy atom. The van der Waals surface area contributed by atoms with Crippen LogP contribution in [0, 0.1) is 0 Å². The third-order valence-corrected chi connectivity index (χ3v) is 4.02. The Bertz CT molecular complexity index is 568. The molecule has 3 nitrogen and oxygen atoms in total. The van der Waals surface area contributed by atoms with Crippen LogP contribution in [0.25, 0.3) is 0 Å². The van der Waals surface area contributed by atoms with E-state index in [1.807, 2.05) is 26.1 Å². The number of benzene rings is 1. The Morgan fingerprint density at radius 3 is 2.18 bits per heavy atom. The summed E-state index contributed by atoms with van der Waals surface area (Å²) in [4.78, 5) is 12.4. The number of amides is 1. The van der Waals surface area contributed by atoms with Crippen LogP contribution in [0.4, 0.5) is 18.9 Å². The summed E-state index contributed by atoms with van der Waals surface area (Å²) in [6.45, 7) is 6.39. The van der Waals surface area contributed by atoms with Crippen molar-refractivity contribution in [2.45, 2.75) is 49.1 Å². The molecule has 0 saturated heterocycles. The summed E-state index contributed by atoms with van der Waals surface area (Å²) in [5.41, 5.74) is -3.48. The maximum Gasteiger partial charge on any atom is 0.426 e. The predicted octanol–water partition coefficient (Wildman–Crippen LogP) is 4.48. The van der Waals surface area contributed by atoms with E-state index in [1.165, 1.54) is 17.8 Å². The molecule has 0 aromatic heterocycles. The molecule has 2 N–H and O–H groups in total. The smallest absolute Gasteiger partial charge is 0.373 e. The largest absolute Gasteiger partial charge is 0.426 e. The van der Waals surface area contributed by atoms with Gasteiger partial charge in [0, 0.05) is 9.64 Å². The number of alkyl halides is 3. The number of carbonyl (C=O) groups excluding carboxylic acids is 1. The van der Waals surface area contributed by atoms with Gasteiger partial charge < -0.3 is 10.4 Å². The van der Waals surface area contributed by atoms with Crippen molar-refractivity contribution >= 4 is 35.0 Å². The molecule has 0 spiro atoms. The highest BCUT2D eigenvalue weighted by atomic mass is 35.5. The summed E-state index contributed by atoms with van der Waals surface area (Å²) >= 11 is 7.50. The fourth-order valence-corrected chi connectivity index (χ4v) is 2.70. The van der Waals surface area contributed by atoms with Crippen molar-refractivity contribution in [1.29, 1.82) is 0 Å². The van der Waals surface area contributed by atoms with Crippen LogP contribution < -0.4 is 5.32 Å². The molecule has 0 heterocycles. The molecular weight excluding hydrogens is 339 g/mol. The fourth-order valence-electron chi connectivity index (χ4n) is 1.39. The van der Waals surface area contributed by atoms with Gasteiger partial charge in [0.05, 0.1) is 10.7 Å². The van der Waals surface area contributed by atoms with Crippen molar-refractivity contribution in [3.8, 4) is 0 Å². The highest BCUT2D eigenvalue weighted by Gasteiger charge is 2.55. The molecule has 124 valence electrons. The number of hydrogen-bond donors (Lipinski definition) is 2. The van der Waals surface area contributed by atoms with Gasteiger partial charge in [-0.25, -0.2) is 0 Å². The van der Waals surface area contributed by atoms with Crippen LogP contribution in [0.3, 0.4) is 0 Å². The van der Waals surface area contributed by atoms with Crippen molar-refractivity contribution in [2.75, 3.05) is 5.32 Å². The monoisotopic (exact) mass is 355 g/mol. The van der Waals surface area contributed by atoms with Crippen LogP contribution in [0.5, 0.6) is 0 Å². The zero-order chi connectivity index (χ0) is 17.3. The lowest BCUT2D eigenvalue weighted by atomic mass is 10.1. The predicted molar refractivity (Wildman–Crippen MR) is 82.4 cm³/mol. The normalized spacial score (nSPS) is 15.3. The van der Waals surface area contributed by atoms with Crippen molar-refractivity contribution in [2.24, 2.45) is 0 Å². The fraction of sp³-hybridized carbons (Fsp3) is 0.500. The lowest BCUT2D eigenvalue weighted by Crippen LogP contribution is -2.52. The average molecular weight is 356 g/mol.